The van der Waals surface area contributed by atoms with E-state index < -0.39 is 0 Å². The molecule has 20 heavy (non-hydrogen) atoms. The smallest absolute Gasteiger partial charge is 0.168 e. The highest BCUT2D eigenvalue weighted by molar-refractivity contribution is 5.04. The molecule has 114 valence electrons. The summed E-state index contributed by atoms with van der Waals surface area (Å²) in [5, 5.41) is 15.8. The van der Waals surface area contributed by atoms with Gasteiger partial charge in [-0.05, 0) is 36.2 Å². The Morgan fingerprint density at radius 3 is 2.65 bits per heavy atom. The van der Waals surface area contributed by atoms with Gasteiger partial charge in [0.1, 0.15) is 0 Å². The molecule has 1 aliphatic carbocycles. The minimum atomic E-state index is 0.0661. The molecule has 1 heterocycles. The van der Waals surface area contributed by atoms with Crippen LogP contribution in [0, 0.1) is 11.3 Å². The summed E-state index contributed by atoms with van der Waals surface area (Å²) in [6.07, 6.45) is 1.25. The molecule has 3 unspecified atom stereocenters. The monoisotopic (exact) mass is 281 g/mol. The molecule has 0 radical (unpaired) electrons. The van der Waals surface area contributed by atoms with Crippen molar-refractivity contribution in [3.8, 4) is 0 Å². The number of nitrogens with one attached hydrogen (secondary N) is 1. The highest BCUT2D eigenvalue weighted by Gasteiger charge is 2.51. The highest BCUT2D eigenvalue weighted by atomic mass is 16.5. The summed E-state index contributed by atoms with van der Waals surface area (Å²) in [4.78, 5) is 0. The van der Waals surface area contributed by atoms with E-state index in [1.54, 1.807) is 7.11 Å². The molecule has 0 amide bonds. The zero-order chi connectivity index (χ0) is 14.9. The fraction of sp³-hybridized carbons (Fsp3) is 0.929. The molecule has 3 atom stereocenters. The van der Waals surface area contributed by atoms with Crippen molar-refractivity contribution in [2.24, 2.45) is 11.3 Å². The summed E-state index contributed by atoms with van der Waals surface area (Å²) in [5.74, 6) is 1.53. The summed E-state index contributed by atoms with van der Waals surface area (Å²) in [6, 6.07) is 0.463. The van der Waals surface area contributed by atoms with Crippen LogP contribution in [0.15, 0.2) is 0 Å². The molecule has 0 saturated heterocycles. The van der Waals surface area contributed by atoms with Gasteiger partial charge in [0.05, 0.1) is 18.2 Å². The number of aromatic nitrogens is 4. The quantitative estimate of drug-likeness (QED) is 0.863. The third-order valence-corrected chi connectivity index (χ3v) is 4.44. The van der Waals surface area contributed by atoms with Crippen LogP contribution in [-0.4, -0.2) is 40.0 Å². The van der Waals surface area contributed by atoms with Crippen LogP contribution in [0.25, 0.3) is 0 Å². The first-order chi connectivity index (χ1) is 9.37. The van der Waals surface area contributed by atoms with Crippen molar-refractivity contribution in [3.63, 3.8) is 0 Å². The van der Waals surface area contributed by atoms with Crippen molar-refractivity contribution >= 4 is 0 Å². The van der Waals surface area contributed by atoms with Crippen molar-refractivity contribution < 1.29 is 4.74 Å². The normalized spacial score (nSPS) is 26.6. The molecule has 1 aromatic heterocycles. The first-order valence-corrected chi connectivity index (χ1v) is 7.41. The van der Waals surface area contributed by atoms with Gasteiger partial charge >= 0.3 is 0 Å². The molecule has 1 saturated carbocycles. The number of hydrogen-bond acceptors (Lipinski definition) is 5. The average Bonchev–Trinajstić information content (AvgIpc) is 2.84. The lowest BCUT2D eigenvalue weighted by Crippen LogP contribution is -2.52. The van der Waals surface area contributed by atoms with E-state index in [0.717, 1.165) is 18.8 Å². The molecule has 6 heteroatoms. The third kappa shape index (κ3) is 2.72. The molecule has 2 rings (SSSR count). The number of methoxy groups -OCH3 is 1. The van der Waals surface area contributed by atoms with Crippen LogP contribution in [0.5, 0.6) is 0 Å². The van der Waals surface area contributed by atoms with Crippen LogP contribution in [0.4, 0.5) is 0 Å². The van der Waals surface area contributed by atoms with Gasteiger partial charge in [-0.25, -0.2) is 4.68 Å². The minimum absolute atomic E-state index is 0.0661. The lowest BCUT2D eigenvalue weighted by molar-refractivity contribution is -0.117. The Morgan fingerprint density at radius 2 is 2.10 bits per heavy atom. The molecule has 1 N–H and O–H groups in total. The van der Waals surface area contributed by atoms with Crippen LogP contribution in [0.2, 0.25) is 0 Å². The van der Waals surface area contributed by atoms with E-state index in [2.05, 4.69) is 55.5 Å². The molecule has 1 aromatic rings. The van der Waals surface area contributed by atoms with Gasteiger partial charge in [-0.1, -0.05) is 27.7 Å². The molecule has 1 aliphatic rings. The van der Waals surface area contributed by atoms with Crippen molar-refractivity contribution in [1.82, 2.24) is 25.5 Å². The van der Waals surface area contributed by atoms with Crippen LogP contribution in [0.1, 0.15) is 58.9 Å². The standard InChI is InChI=1S/C14H27N5O/c1-9(2)8-15-10(3)13-16-17-18-19(13)11-7-12(20-6)14(11,4)5/h9-12,15H,7-8H2,1-6H3. The Kier molecular flexibility index (Phi) is 4.44. The fourth-order valence-electron chi connectivity index (χ4n) is 2.89. The maximum Gasteiger partial charge on any atom is 0.168 e. The summed E-state index contributed by atoms with van der Waals surface area (Å²) < 4.78 is 7.49. The highest BCUT2D eigenvalue weighted by Crippen LogP contribution is 2.51. The zero-order valence-electron chi connectivity index (χ0n) is 13.4. The van der Waals surface area contributed by atoms with Gasteiger partial charge in [-0.3, -0.25) is 0 Å². The molecule has 6 nitrogen and oxygen atoms in total. The average molecular weight is 281 g/mol. The number of tetrazole rings is 1. The predicted octanol–water partition coefficient (Wildman–Crippen LogP) is 1.97. The van der Waals surface area contributed by atoms with Crippen LogP contribution >= 0.6 is 0 Å². The lowest BCUT2D eigenvalue weighted by atomic mass is 9.64. The van der Waals surface area contributed by atoms with E-state index in [-0.39, 0.29) is 17.6 Å². The Balaban J connectivity index is 2.10. The number of hydrogen-bond donors (Lipinski definition) is 1. The van der Waals surface area contributed by atoms with Crippen molar-refractivity contribution in [2.45, 2.75) is 59.2 Å². The number of rotatable bonds is 6. The Hall–Kier alpha value is -1.01. The minimum Gasteiger partial charge on any atom is -0.381 e. The third-order valence-electron chi connectivity index (χ3n) is 4.44. The van der Waals surface area contributed by atoms with E-state index in [0.29, 0.717) is 12.0 Å². The Morgan fingerprint density at radius 1 is 1.40 bits per heavy atom. The Bertz CT molecular complexity index is 443. The van der Waals surface area contributed by atoms with Crippen molar-refractivity contribution in [2.75, 3.05) is 13.7 Å². The van der Waals surface area contributed by atoms with Gasteiger partial charge in [-0.2, -0.15) is 0 Å². The van der Waals surface area contributed by atoms with E-state index >= 15 is 0 Å². The molecular formula is C14H27N5O. The molecule has 0 bridgehead atoms. The summed E-state index contributed by atoms with van der Waals surface area (Å²) in [6.45, 7) is 11.9. The van der Waals surface area contributed by atoms with Crippen molar-refractivity contribution in [3.05, 3.63) is 5.82 Å². The van der Waals surface area contributed by atoms with Crippen LogP contribution in [-0.2, 0) is 4.74 Å². The summed E-state index contributed by atoms with van der Waals surface area (Å²) in [5.41, 5.74) is 0.0661. The van der Waals surface area contributed by atoms with Gasteiger partial charge in [0.2, 0.25) is 0 Å². The molecule has 1 fully saturated rings. The number of ether oxygens (including phenoxy) is 1. The van der Waals surface area contributed by atoms with E-state index in [4.69, 9.17) is 4.74 Å². The Labute approximate surface area is 121 Å². The topological polar surface area (TPSA) is 64.9 Å². The van der Waals surface area contributed by atoms with E-state index in [9.17, 15) is 0 Å². The second-order valence-corrected chi connectivity index (χ2v) is 6.80. The van der Waals surface area contributed by atoms with Gasteiger partial charge in [-0.15, -0.1) is 5.10 Å². The van der Waals surface area contributed by atoms with Gasteiger partial charge in [0, 0.05) is 12.5 Å². The SMILES string of the molecule is COC1CC(n2nnnc2C(C)NCC(C)C)C1(C)C. The summed E-state index contributed by atoms with van der Waals surface area (Å²) in [7, 11) is 1.77. The second kappa shape index (κ2) is 5.77. The molecule has 0 spiro atoms. The molecule has 0 aliphatic heterocycles. The molecular weight excluding hydrogens is 254 g/mol. The molecule has 0 aromatic carbocycles. The van der Waals surface area contributed by atoms with Gasteiger partial charge in [0.25, 0.3) is 0 Å². The largest absolute Gasteiger partial charge is 0.381 e. The van der Waals surface area contributed by atoms with E-state index in [1.807, 2.05) is 4.68 Å². The number of nitrogens with zero attached hydrogens (tertiary/aromatic N) is 4. The van der Waals surface area contributed by atoms with Gasteiger partial charge in [0.15, 0.2) is 5.82 Å². The van der Waals surface area contributed by atoms with Crippen LogP contribution < -0.4 is 5.32 Å². The second-order valence-electron chi connectivity index (χ2n) is 6.80. The summed E-state index contributed by atoms with van der Waals surface area (Å²) >= 11 is 0. The van der Waals surface area contributed by atoms with Gasteiger partial charge < -0.3 is 10.1 Å². The van der Waals surface area contributed by atoms with E-state index in [1.165, 1.54) is 0 Å². The first-order valence-electron chi connectivity index (χ1n) is 7.41. The lowest BCUT2D eigenvalue weighted by Gasteiger charge is -2.50. The predicted molar refractivity (Wildman–Crippen MR) is 77.3 cm³/mol. The van der Waals surface area contributed by atoms with Crippen molar-refractivity contribution in [1.29, 1.82) is 0 Å². The maximum absolute atomic E-state index is 5.51. The fourth-order valence-corrected chi connectivity index (χ4v) is 2.89. The first kappa shape index (κ1) is 15.4. The van der Waals surface area contributed by atoms with Crippen LogP contribution in [0.3, 0.4) is 0 Å². The zero-order valence-corrected chi connectivity index (χ0v) is 13.4. The maximum atomic E-state index is 5.51.